The summed E-state index contributed by atoms with van der Waals surface area (Å²) >= 11 is 0. The van der Waals surface area contributed by atoms with Gasteiger partial charge < -0.3 is 19.7 Å². The van der Waals surface area contributed by atoms with E-state index in [4.69, 9.17) is 9.84 Å². The second-order valence-corrected chi connectivity index (χ2v) is 4.95. The van der Waals surface area contributed by atoms with Crippen molar-refractivity contribution in [2.45, 2.75) is 64.8 Å². The molecule has 0 aromatic carbocycles. The Hall–Kier alpha value is -1.66. The fourth-order valence-electron chi connectivity index (χ4n) is 1.31. The lowest BCUT2D eigenvalue weighted by atomic mass is 10.1. The van der Waals surface area contributed by atoms with Crippen molar-refractivity contribution >= 4 is 11.9 Å². The van der Waals surface area contributed by atoms with Gasteiger partial charge in [-0.3, -0.25) is 0 Å². The molecule has 134 valence electrons. The first-order chi connectivity index (χ1) is 10.8. The van der Waals surface area contributed by atoms with E-state index in [1.165, 1.54) is 0 Å². The lowest BCUT2D eigenvalue weighted by Crippen LogP contribution is -2.27. The highest BCUT2D eigenvalue weighted by Crippen LogP contribution is 2.07. The van der Waals surface area contributed by atoms with Crippen molar-refractivity contribution in [1.29, 1.82) is 0 Å². The molecule has 0 aliphatic rings. The van der Waals surface area contributed by atoms with Crippen LogP contribution < -0.4 is 0 Å². The predicted octanol–water partition coefficient (Wildman–Crippen LogP) is 2.14. The molecule has 0 aliphatic carbocycles. The molecule has 0 aliphatic heterocycles. The van der Waals surface area contributed by atoms with Gasteiger partial charge in [0.15, 0.2) is 0 Å². The minimum atomic E-state index is -0.566. The monoisotopic (exact) mass is 330 g/mol. The molecule has 3 atom stereocenters. The Balaban J connectivity index is 0. The molecule has 0 fully saturated rings. The maximum Gasteiger partial charge on any atom is 0.330 e. The molecule has 0 saturated heterocycles. The van der Waals surface area contributed by atoms with Crippen LogP contribution in [0.4, 0.5) is 0 Å². The lowest BCUT2D eigenvalue weighted by Gasteiger charge is -2.18. The average molecular weight is 330 g/mol. The van der Waals surface area contributed by atoms with Crippen LogP contribution in [0.1, 0.15) is 46.5 Å². The number of carbonyl (C=O) groups is 2. The topological polar surface area (TPSA) is 93.1 Å². The molecular weight excluding hydrogens is 300 g/mol. The van der Waals surface area contributed by atoms with E-state index in [-0.39, 0.29) is 6.61 Å². The summed E-state index contributed by atoms with van der Waals surface area (Å²) in [6.07, 6.45) is 3.83. The van der Waals surface area contributed by atoms with Crippen molar-refractivity contribution in [1.82, 2.24) is 0 Å². The van der Waals surface area contributed by atoms with Crippen LogP contribution in [0.15, 0.2) is 25.3 Å². The zero-order valence-corrected chi connectivity index (χ0v) is 14.4. The smallest absolute Gasteiger partial charge is 0.330 e. The summed E-state index contributed by atoms with van der Waals surface area (Å²) in [5, 5.41) is 18.4. The number of ether oxygens (including phenoxy) is 2. The van der Waals surface area contributed by atoms with E-state index in [1.807, 2.05) is 13.8 Å². The third kappa shape index (κ3) is 15.0. The molecule has 23 heavy (non-hydrogen) atoms. The standard InChI is InChI=1S/C10H18O3.C7H12O3/c1-4-6-7-9(11)8(3)13-10(12)5-2;1-3-6(8)5-10-7(9)4-2/h5,8-9,11H,2,4,6-7H2,1,3H3;4,6,8H,2-3,5H2,1H3. The summed E-state index contributed by atoms with van der Waals surface area (Å²) in [5.41, 5.74) is 0. The normalized spacial score (nSPS) is 13.6. The third-order valence-electron chi connectivity index (χ3n) is 2.92. The van der Waals surface area contributed by atoms with Gasteiger partial charge >= 0.3 is 11.9 Å². The van der Waals surface area contributed by atoms with Gasteiger partial charge in [-0.05, 0) is 19.8 Å². The zero-order chi connectivity index (χ0) is 18.3. The summed E-state index contributed by atoms with van der Waals surface area (Å²) in [5.74, 6) is -0.976. The predicted molar refractivity (Wildman–Crippen MR) is 88.7 cm³/mol. The summed E-state index contributed by atoms with van der Waals surface area (Å²) in [6, 6.07) is 0. The zero-order valence-electron chi connectivity index (χ0n) is 14.4. The first-order valence-electron chi connectivity index (χ1n) is 7.80. The Morgan fingerprint density at radius 3 is 2.13 bits per heavy atom. The number of carbonyl (C=O) groups excluding carboxylic acids is 2. The molecule has 0 saturated carbocycles. The SMILES string of the molecule is C=CC(=O)OC(C)C(O)CCCC.C=CC(=O)OCC(O)CC. The Morgan fingerprint density at radius 2 is 1.70 bits per heavy atom. The molecule has 6 nitrogen and oxygen atoms in total. The van der Waals surface area contributed by atoms with Crippen LogP contribution in [0.25, 0.3) is 0 Å². The number of rotatable bonds is 10. The summed E-state index contributed by atoms with van der Waals surface area (Å²) < 4.78 is 9.39. The van der Waals surface area contributed by atoms with Crippen LogP contribution in [0, 0.1) is 0 Å². The first-order valence-corrected chi connectivity index (χ1v) is 7.80. The average Bonchev–Trinajstić information content (AvgIpc) is 2.57. The maximum atomic E-state index is 10.7. The van der Waals surface area contributed by atoms with Gasteiger partial charge in [0.2, 0.25) is 0 Å². The minimum absolute atomic E-state index is 0.0569. The number of esters is 2. The summed E-state index contributed by atoms with van der Waals surface area (Å²) in [6.45, 7) is 12.1. The Morgan fingerprint density at radius 1 is 1.13 bits per heavy atom. The summed E-state index contributed by atoms with van der Waals surface area (Å²) in [4.78, 5) is 21.1. The van der Waals surface area contributed by atoms with Crippen LogP contribution in [0.2, 0.25) is 0 Å². The van der Waals surface area contributed by atoms with E-state index in [0.29, 0.717) is 12.8 Å². The van der Waals surface area contributed by atoms with Crippen molar-refractivity contribution in [2.24, 2.45) is 0 Å². The molecule has 6 heteroatoms. The molecule has 2 N–H and O–H groups in total. The van der Waals surface area contributed by atoms with Crippen LogP contribution >= 0.6 is 0 Å². The highest BCUT2D eigenvalue weighted by atomic mass is 16.6. The van der Waals surface area contributed by atoms with Gasteiger partial charge in [-0.15, -0.1) is 0 Å². The number of hydrogen-bond acceptors (Lipinski definition) is 6. The second-order valence-electron chi connectivity index (χ2n) is 4.95. The fraction of sp³-hybridized carbons (Fsp3) is 0.647. The van der Waals surface area contributed by atoms with Crippen molar-refractivity contribution in [3.05, 3.63) is 25.3 Å². The second kappa shape index (κ2) is 15.2. The van der Waals surface area contributed by atoms with Crippen LogP contribution in [-0.2, 0) is 19.1 Å². The fourth-order valence-corrected chi connectivity index (χ4v) is 1.31. The third-order valence-corrected chi connectivity index (χ3v) is 2.92. The van der Waals surface area contributed by atoms with Crippen molar-refractivity contribution in [3.63, 3.8) is 0 Å². The van der Waals surface area contributed by atoms with Crippen LogP contribution in [0.5, 0.6) is 0 Å². The van der Waals surface area contributed by atoms with Crippen molar-refractivity contribution < 1.29 is 29.3 Å². The molecule has 0 heterocycles. The molecule has 0 rings (SSSR count). The van der Waals surface area contributed by atoms with E-state index < -0.39 is 30.3 Å². The van der Waals surface area contributed by atoms with Gasteiger partial charge in [0, 0.05) is 12.2 Å². The molecule has 0 radical (unpaired) electrons. The van der Waals surface area contributed by atoms with E-state index in [0.717, 1.165) is 25.0 Å². The molecule has 3 unspecified atom stereocenters. The molecule has 0 bridgehead atoms. The number of unbranched alkanes of at least 4 members (excludes halogenated alkanes) is 1. The van der Waals surface area contributed by atoms with Gasteiger partial charge in [0.1, 0.15) is 12.7 Å². The van der Waals surface area contributed by atoms with E-state index in [2.05, 4.69) is 17.9 Å². The van der Waals surface area contributed by atoms with Gasteiger partial charge in [-0.25, -0.2) is 9.59 Å². The highest BCUT2D eigenvalue weighted by molar-refractivity contribution is 5.81. The Labute approximate surface area is 138 Å². The lowest BCUT2D eigenvalue weighted by molar-refractivity contribution is -0.147. The van der Waals surface area contributed by atoms with Crippen LogP contribution in [-0.4, -0.2) is 47.1 Å². The molecule has 0 aromatic rings. The number of aliphatic hydroxyl groups is 2. The number of hydrogen-bond donors (Lipinski definition) is 2. The Kier molecular flexibility index (Phi) is 15.6. The number of aliphatic hydroxyl groups excluding tert-OH is 2. The highest BCUT2D eigenvalue weighted by Gasteiger charge is 2.16. The summed E-state index contributed by atoms with van der Waals surface area (Å²) in [7, 11) is 0. The van der Waals surface area contributed by atoms with E-state index >= 15 is 0 Å². The van der Waals surface area contributed by atoms with Crippen LogP contribution in [0.3, 0.4) is 0 Å². The first kappa shape index (κ1) is 23.6. The molecule has 0 aromatic heterocycles. The van der Waals surface area contributed by atoms with Gasteiger partial charge in [-0.2, -0.15) is 0 Å². The van der Waals surface area contributed by atoms with Gasteiger partial charge in [0.25, 0.3) is 0 Å². The minimum Gasteiger partial charge on any atom is -0.460 e. The molecule has 0 spiro atoms. The molecular formula is C17H30O6. The van der Waals surface area contributed by atoms with E-state index in [9.17, 15) is 14.7 Å². The van der Waals surface area contributed by atoms with Crippen molar-refractivity contribution in [3.8, 4) is 0 Å². The Bertz CT molecular complexity index is 353. The quantitative estimate of drug-likeness (QED) is 0.471. The van der Waals surface area contributed by atoms with Crippen molar-refractivity contribution in [2.75, 3.05) is 6.61 Å². The van der Waals surface area contributed by atoms with Gasteiger partial charge in [0.05, 0.1) is 12.2 Å². The van der Waals surface area contributed by atoms with E-state index in [1.54, 1.807) is 6.92 Å². The molecule has 0 amide bonds. The largest absolute Gasteiger partial charge is 0.460 e. The van der Waals surface area contributed by atoms with Gasteiger partial charge in [-0.1, -0.05) is 39.8 Å². The maximum absolute atomic E-state index is 10.7.